The third kappa shape index (κ3) is 3.32. The molecule has 0 aliphatic heterocycles. The highest BCUT2D eigenvalue weighted by Gasteiger charge is 2.19. The fourth-order valence-corrected chi connectivity index (χ4v) is 3.56. The van der Waals surface area contributed by atoms with Crippen LogP contribution < -0.4 is 4.72 Å². The summed E-state index contributed by atoms with van der Waals surface area (Å²) in [5, 5.41) is 9.51. The van der Waals surface area contributed by atoms with Crippen LogP contribution in [0.25, 0.3) is 0 Å². The van der Waals surface area contributed by atoms with Crippen molar-refractivity contribution in [3.8, 4) is 0 Å². The molecule has 106 valence electrons. The Kier molecular flexibility index (Phi) is 4.70. The molecule has 2 aromatic carbocycles. The molecule has 0 bridgehead atoms. The summed E-state index contributed by atoms with van der Waals surface area (Å²) in [5.41, 5.74) is 0.597. The maximum Gasteiger partial charge on any atom is 0.262 e. The summed E-state index contributed by atoms with van der Waals surface area (Å²) in [7, 11) is -3.81. The van der Waals surface area contributed by atoms with Crippen LogP contribution in [0.2, 0.25) is 5.02 Å². The molecule has 7 heteroatoms. The highest BCUT2D eigenvalue weighted by molar-refractivity contribution is 9.10. The molecule has 0 spiro atoms. The highest BCUT2D eigenvalue weighted by Crippen LogP contribution is 2.28. The van der Waals surface area contributed by atoms with Crippen LogP contribution in [0.3, 0.4) is 0 Å². The second kappa shape index (κ2) is 6.13. The van der Waals surface area contributed by atoms with Crippen LogP contribution in [0.4, 0.5) is 5.69 Å². The topological polar surface area (TPSA) is 66.4 Å². The zero-order valence-electron chi connectivity index (χ0n) is 10.2. The van der Waals surface area contributed by atoms with Crippen molar-refractivity contribution in [1.29, 1.82) is 0 Å². The Morgan fingerprint density at radius 2 is 1.90 bits per heavy atom. The van der Waals surface area contributed by atoms with Gasteiger partial charge in [0.1, 0.15) is 0 Å². The Morgan fingerprint density at radius 3 is 2.60 bits per heavy atom. The number of anilines is 1. The van der Waals surface area contributed by atoms with Crippen molar-refractivity contribution >= 4 is 43.2 Å². The van der Waals surface area contributed by atoms with Crippen LogP contribution in [0.5, 0.6) is 0 Å². The van der Waals surface area contributed by atoms with Crippen molar-refractivity contribution in [2.24, 2.45) is 0 Å². The Balaban J connectivity index is 2.43. The number of nitrogens with one attached hydrogen (secondary N) is 1. The van der Waals surface area contributed by atoms with E-state index in [4.69, 9.17) is 11.6 Å². The van der Waals surface area contributed by atoms with E-state index in [1.165, 1.54) is 6.07 Å². The lowest BCUT2D eigenvalue weighted by Crippen LogP contribution is -2.15. The molecule has 2 aromatic rings. The number of sulfonamides is 1. The van der Waals surface area contributed by atoms with E-state index in [1.807, 2.05) is 0 Å². The average molecular weight is 377 g/mol. The van der Waals surface area contributed by atoms with Crippen LogP contribution in [-0.2, 0) is 16.6 Å². The fraction of sp³-hybridized carbons (Fsp3) is 0.0769. The molecule has 0 aliphatic carbocycles. The van der Waals surface area contributed by atoms with Gasteiger partial charge < -0.3 is 5.11 Å². The lowest BCUT2D eigenvalue weighted by Gasteiger charge is -2.12. The molecule has 0 amide bonds. The molecular formula is C13H11BrClNO3S. The van der Waals surface area contributed by atoms with Crippen molar-refractivity contribution in [1.82, 2.24) is 0 Å². The second-order valence-electron chi connectivity index (χ2n) is 4.00. The zero-order valence-corrected chi connectivity index (χ0v) is 13.3. The van der Waals surface area contributed by atoms with Gasteiger partial charge in [-0.15, -0.1) is 0 Å². The first-order valence-corrected chi connectivity index (χ1v) is 8.26. The Labute approximate surface area is 130 Å². The van der Waals surface area contributed by atoms with Crippen LogP contribution in [0.1, 0.15) is 5.56 Å². The third-order valence-electron chi connectivity index (χ3n) is 2.61. The second-order valence-corrected chi connectivity index (χ2v) is 6.97. The van der Waals surface area contributed by atoms with Gasteiger partial charge >= 0.3 is 0 Å². The van der Waals surface area contributed by atoms with E-state index >= 15 is 0 Å². The molecule has 20 heavy (non-hydrogen) atoms. The third-order valence-corrected chi connectivity index (χ3v) is 4.89. The first-order chi connectivity index (χ1) is 9.44. The summed E-state index contributed by atoms with van der Waals surface area (Å²) < 4.78 is 27.8. The van der Waals surface area contributed by atoms with Crippen molar-refractivity contribution in [3.63, 3.8) is 0 Å². The summed E-state index contributed by atoms with van der Waals surface area (Å²) >= 11 is 9.22. The van der Waals surface area contributed by atoms with Gasteiger partial charge in [-0.25, -0.2) is 8.42 Å². The maximum absolute atomic E-state index is 12.3. The van der Waals surface area contributed by atoms with Crippen molar-refractivity contribution in [3.05, 3.63) is 57.5 Å². The maximum atomic E-state index is 12.3. The molecule has 0 unspecified atom stereocenters. The predicted molar refractivity (Wildman–Crippen MR) is 82.3 cm³/mol. The van der Waals surface area contributed by atoms with Gasteiger partial charge in [0.05, 0.1) is 22.2 Å². The van der Waals surface area contributed by atoms with Gasteiger partial charge in [0.2, 0.25) is 0 Å². The lowest BCUT2D eigenvalue weighted by molar-refractivity contribution is 0.278. The molecular weight excluding hydrogens is 366 g/mol. The number of aliphatic hydroxyl groups excluding tert-OH is 1. The number of hydrogen-bond acceptors (Lipinski definition) is 3. The van der Waals surface area contributed by atoms with Crippen LogP contribution in [0.15, 0.2) is 51.8 Å². The summed E-state index contributed by atoms with van der Waals surface area (Å²) in [6.45, 7) is -0.358. The zero-order chi connectivity index (χ0) is 14.8. The quantitative estimate of drug-likeness (QED) is 0.859. The van der Waals surface area contributed by atoms with E-state index in [9.17, 15) is 13.5 Å². The molecule has 0 atom stereocenters. The Morgan fingerprint density at radius 1 is 1.20 bits per heavy atom. The first-order valence-electron chi connectivity index (χ1n) is 5.60. The molecule has 0 fully saturated rings. The van der Waals surface area contributed by atoms with Crippen molar-refractivity contribution < 1.29 is 13.5 Å². The Hall–Kier alpha value is -1.08. The summed E-state index contributed by atoms with van der Waals surface area (Å²) in [4.78, 5) is 0.0264. The molecule has 0 radical (unpaired) electrons. The van der Waals surface area contributed by atoms with Crippen LogP contribution in [-0.4, -0.2) is 13.5 Å². The number of halogens is 2. The monoisotopic (exact) mass is 375 g/mol. The van der Waals surface area contributed by atoms with Gasteiger partial charge in [0.25, 0.3) is 10.0 Å². The SMILES string of the molecule is O=S(=O)(Nc1cc(Br)ccc1Cl)c1ccccc1CO. The molecule has 0 saturated heterocycles. The normalized spacial score (nSPS) is 11.3. The summed E-state index contributed by atoms with van der Waals surface area (Å²) in [6.07, 6.45) is 0. The number of hydrogen-bond donors (Lipinski definition) is 2. The van der Waals surface area contributed by atoms with Crippen molar-refractivity contribution in [2.75, 3.05) is 4.72 Å². The first kappa shape index (κ1) is 15.3. The lowest BCUT2D eigenvalue weighted by atomic mass is 10.2. The molecule has 2 N–H and O–H groups in total. The molecule has 4 nitrogen and oxygen atoms in total. The van der Waals surface area contributed by atoms with Gasteiger partial charge in [0.15, 0.2) is 0 Å². The predicted octanol–water partition coefficient (Wildman–Crippen LogP) is 3.40. The van der Waals surface area contributed by atoms with Gasteiger partial charge in [-0.3, -0.25) is 4.72 Å². The largest absolute Gasteiger partial charge is 0.392 e. The van der Waals surface area contributed by atoms with Gasteiger partial charge in [-0.1, -0.05) is 45.7 Å². The van der Waals surface area contributed by atoms with E-state index in [0.717, 1.165) is 0 Å². The summed E-state index contributed by atoms with van der Waals surface area (Å²) in [5.74, 6) is 0. The number of rotatable bonds is 4. The molecule has 0 saturated carbocycles. The van der Waals surface area contributed by atoms with Crippen molar-refractivity contribution in [2.45, 2.75) is 11.5 Å². The van der Waals surface area contributed by atoms with E-state index in [2.05, 4.69) is 20.7 Å². The number of benzene rings is 2. The van der Waals surface area contributed by atoms with E-state index in [0.29, 0.717) is 15.1 Å². The minimum absolute atomic E-state index is 0.0264. The Bertz CT molecular complexity index is 734. The molecule has 0 heterocycles. The standard InChI is InChI=1S/C13H11BrClNO3S/c14-10-5-6-11(15)12(7-10)16-20(18,19)13-4-2-1-3-9(13)8-17/h1-7,16-17H,8H2. The van der Waals surface area contributed by atoms with E-state index in [-0.39, 0.29) is 17.2 Å². The van der Waals surface area contributed by atoms with Gasteiger partial charge in [-0.2, -0.15) is 0 Å². The summed E-state index contributed by atoms with van der Waals surface area (Å²) in [6, 6.07) is 11.1. The van der Waals surface area contributed by atoms with E-state index < -0.39 is 10.0 Å². The number of aliphatic hydroxyl groups is 1. The fourth-order valence-electron chi connectivity index (χ4n) is 1.67. The van der Waals surface area contributed by atoms with Gasteiger partial charge in [0, 0.05) is 4.47 Å². The minimum atomic E-state index is -3.81. The molecule has 2 rings (SSSR count). The van der Waals surface area contributed by atoms with Gasteiger partial charge in [-0.05, 0) is 29.8 Å². The van der Waals surface area contributed by atoms with Crippen LogP contribution >= 0.6 is 27.5 Å². The minimum Gasteiger partial charge on any atom is -0.392 e. The molecule has 0 aromatic heterocycles. The average Bonchev–Trinajstić information content (AvgIpc) is 2.42. The smallest absolute Gasteiger partial charge is 0.262 e. The molecule has 0 aliphatic rings. The highest BCUT2D eigenvalue weighted by atomic mass is 79.9. The van der Waals surface area contributed by atoms with E-state index in [1.54, 1.807) is 36.4 Å². The van der Waals surface area contributed by atoms with Crippen LogP contribution in [0, 0.1) is 0 Å².